The van der Waals surface area contributed by atoms with Crippen molar-refractivity contribution in [3.63, 3.8) is 0 Å². The molecule has 164 valence electrons. The second-order valence-corrected chi connectivity index (χ2v) is 7.88. The van der Waals surface area contributed by atoms with Crippen LogP contribution in [0.3, 0.4) is 0 Å². The predicted octanol–water partition coefficient (Wildman–Crippen LogP) is 2.78. The number of halogens is 2. The molecule has 1 atom stereocenters. The highest BCUT2D eigenvalue weighted by Crippen LogP contribution is 2.24. The molecule has 0 aliphatic carbocycles. The fourth-order valence-corrected chi connectivity index (χ4v) is 4.12. The van der Waals surface area contributed by atoms with Gasteiger partial charge in [0.15, 0.2) is 0 Å². The van der Waals surface area contributed by atoms with Gasteiger partial charge in [0.1, 0.15) is 0 Å². The van der Waals surface area contributed by atoms with Crippen LogP contribution in [0, 0.1) is 0 Å². The van der Waals surface area contributed by atoms with Gasteiger partial charge in [0.2, 0.25) is 0 Å². The molecule has 1 unspecified atom stereocenters. The lowest BCUT2D eigenvalue weighted by atomic mass is 10.1. The van der Waals surface area contributed by atoms with E-state index in [-0.39, 0.29) is 30.7 Å². The van der Waals surface area contributed by atoms with Crippen LogP contribution in [0.5, 0.6) is 0 Å². The molecule has 4 rings (SSSR count). The zero-order valence-corrected chi connectivity index (χ0v) is 19.2. The first-order chi connectivity index (χ1) is 13.6. The number of carbonyl (C=O) groups is 1. The Kier molecular flexibility index (Phi) is 8.92. The van der Waals surface area contributed by atoms with Crippen molar-refractivity contribution in [2.75, 3.05) is 58.3 Å². The number of rotatable bonds is 4. The zero-order valence-electron chi connectivity index (χ0n) is 17.6. The number of nitrogens with one attached hydrogen (secondary N) is 1. The minimum absolute atomic E-state index is 0. The Labute approximate surface area is 191 Å². The van der Waals surface area contributed by atoms with E-state index in [4.69, 9.17) is 0 Å². The fraction of sp³-hybridized carbons (Fsp3) is 0.455. The van der Waals surface area contributed by atoms with Gasteiger partial charge >= 0.3 is 0 Å². The number of pyridine rings is 1. The summed E-state index contributed by atoms with van der Waals surface area (Å²) in [4.78, 5) is 24.0. The van der Waals surface area contributed by atoms with Crippen molar-refractivity contribution in [2.45, 2.75) is 12.5 Å². The molecule has 0 bridgehead atoms. The van der Waals surface area contributed by atoms with Crippen molar-refractivity contribution in [1.29, 1.82) is 0 Å². The molecule has 0 saturated carbocycles. The van der Waals surface area contributed by atoms with Crippen molar-refractivity contribution in [1.82, 2.24) is 20.1 Å². The summed E-state index contributed by atoms with van der Waals surface area (Å²) in [6.45, 7) is 5.89. The third kappa shape index (κ3) is 5.43. The highest BCUT2D eigenvalue weighted by molar-refractivity contribution is 5.95. The normalized spacial score (nSPS) is 19.0. The zero-order chi connectivity index (χ0) is 19.5. The monoisotopic (exact) mass is 451 g/mol. The van der Waals surface area contributed by atoms with E-state index >= 15 is 0 Å². The van der Waals surface area contributed by atoms with E-state index in [2.05, 4.69) is 44.4 Å². The lowest BCUT2D eigenvalue weighted by molar-refractivity contribution is 0.0773. The maximum Gasteiger partial charge on any atom is 0.255 e. The molecule has 2 saturated heterocycles. The van der Waals surface area contributed by atoms with Gasteiger partial charge in [-0.3, -0.25) is 14.7 Å². The summed E-state index contributed by atoms with van der Waals surface area (Å²) in [6, 6.07) is 10.8. The first kappa shape index (κ1) is 24.4. The van der Waals surface area contributed by atoms with Crippen LogP contribution in [0.25, 0.3) is 11.1 Å². The number of likely N-dealkylation sites (tertiary alicyclic amines) is 1. The maximum atomic E-state index is 13.1. The minimum atomic E-state index is 0. The Hall–Kier alpha value is -1.86. The second kappa shape index (κ2) is 11.0. The number of anilines is 1. The maximum absolute atomic E-state index is 13.1. The number of hydrogen-bond donors (Lipinski definition) is 1. The van der Waals surface area contributed by atoms with Crippen molar-refractivity contribution >= 4 is 36.4 Å². The lowest BCUT2D eigenvalue weighted by Crippen LogP contribution is -2.49. The molecule has 8 heteroatoms. The molecular formula is C22H31Cl2N5O. The van der Waals surface area contributed by atoms with Gasteiger partial charge in [-0.15, -0.1) is 24.8 Å². The lowest BCUT2D eigenvalue weighted by Gasteiger charge is -2.32. The molecule has 30 heavy (non-hydrogen) atoms. The molecule has 2 fully saturated rings. The van der Waals surface area contributed by atoms with Crippen LogP contribution >= 0.6 is 24.8 Å². The van der Waals surface area contributed by atoms with Crippen LogP contribution in [-0.4, -0.2) is 80.1 Å². The largest absolute Gasteiger partial charge is 0.378 e. The molecular weight excluding hydrogens is 421 g/mol. The number of hydrogen-bond acceptors (Lipinski definition) is 5. The third-order valence-electron chi connectivity index (χ3n) is 5.82. The molecule has 1 aromatic heterocycles. The van der Waals surface area contributed by atoms with E-state index in [0.29, 0.717) is 11.6 Å². The van der Waals surface area contributed by atoms with Crippen LogP contribution < -0.4 is 10.2 Å². The quantitative estimate of drug-likeness (QED) is 0.774. The Bertz CT molecular complexity index is 825. The summed E-state index contributed by atoms with van der Waals surface area (Å²) in [5.74, 6) is 0.0943. The van der Waals surface area contributed by atoms with Crippen LogP contribution in [0.1, 0.15) is 16.8 Å². The average Bonchev–Trinajstić information content (AvgIpc) is 3.24. The number of amides is 1. The van der Waals surface area contributed by atoms with Crippen LogP contribution in [0.15, 0.2) is 42.7 Å². The van der Waals surface area contributed by atoms with E-state index in [9.17, 15) is 4.79 Å². The minimum Gasteiger partial charge on any atom is -0.378 e. The summed E-state index contributed by atoms with van der Waals surface area (Å²) in [6.07, 6.45) is 4.58. The molecule has 2 aliphatic rings. The Morgan fingerprint density at radius 1 is 1.03 bits per heavy atom. The molecule has 0 spiro atoms. The molecule has 0 radical (unpaired) electrons. The fourth-order valence-electron chi connectivity index (χ4n) is 4.12. The van der Waals surface area contributed by atoms with Gasteiger partial charge < -0.3 is 15.1 Å². The summed E-state index contributed by atoms with van der Waals surface area (Å²) >= 11 is 0. The van der Waals surface area contributed by atoms with Crippen molar-refractivity contribution in [3.05, 3.63) is 48.3 Å². The van der Waals surface area contributed by atoms with Crippen LogP contribution in [-0.2, 0) is 0 Å². The summed E-state index contributed by atoms with van der Waals surface area (Å²) in [7, 11) is 4.05. The van der Waals surface area contributed by atoms with Gasteiger partial charge in [0.05, 0.1) is 5.56 Å². The van der Waals surface area contributed by atoms with Gasteiger partial charge in [-0.2, -0.15) is 0 Å². The summed E-state index contributed by atoms with van der Waals surface area (Å²) < 4.78 is 0. The van der Waals surface area contributed by atoms with Crippen molar-refractivity contribution < 1.29 is 4.79 Å². The standard InChI is InChI=1S/C22H29N5O.2ClH/c1-25(2)20-5-3-17(4-6-20)18-13-19(15-24-14-18)22(28)27-10-7-21(16-27)26-11-8-23-9-12-26;;/h3-6,13-15,21,23H,7-12,16H2,1-2H3;2*1H. The van der Waals surface area contributed by atoms with Crippen LogP contribution in [0.4, 0.5) is 5.69 Å². The van der Waals surface area contributed by atoms with Crippen molar-refractivity contribution in [2.24, 2.45) is 0 Å². The van der Waals surface area contributed by atoms with E-state index in [1.54, 1.807) is 6.20 Å². The van der Waals surface area contributed by atoms with Crippen molar-refractivity contribution in [3.8, 4) is 11.1 Å². The van der Waals surface area contributed by atoms with E-state index in [1.807, 2.05) is 31.3 Å². The second-order valence-electron chi connectivity index (χ2n) is 7.88. The first-order valence-electron chi connectivity index (χ1n) is 10.1. The smallest absolute Gasteiger partial charge is 0.255 e. The molecule has 3 heterocycles. The molecule has 1 N–H and O–H groups in total. The highest BCUT2D eigenvalue weighted by atomic mass is 35.5. The highest BCUT2D eigenvalue weighted by Gasteiger charge is 2.31. The molecule has 1 aromatic carbocycles. The van der Waals surface area contributed by atoms with E-state index in [1.165, 1.54) is 0 Å². The van der Waals surface area contributed by atoms with E-state index in [0.717, 1.165) is 62.5 Å². The number of piperazine rings is 1. The summed E-state index contributed by atoms with van der Waals surface area (Å²) in [5.41, 5.74) is 3.89. The molecule has 2 aliphatic heterocycles. The molecule has 2 aromatic rings. The third-order valence-corrected chi connectivity index (χ3v) is 5.82. The van der Waals surface area contributed by atoms with Gasteiger partial charge in [0, 0.05) is 83.1 Å². The van der Waals surface area contributed by atoms with Gasteiger partial charge in [-0.1, -0.05) is 12.1 Å². The number of carbonyl (C=O) groups excluding carboxylic acids is 1. The van der Waals surface area contributed by atoms with E-state index < -0.39 is 0 Å². The average molecular weight is 452 g/mol. The number of benzene rings is 1. The Balaban J connectivity index is 0.00000160. The number of aromatic nitrogens is 1. The predicted molar refractivity (Wildman–Crippen MR) is 127 cm³/mol. The summed E-state index contributed by atoms with van der Waals surface area (Å²) in [5, 5.41) is 3.40. The SMILES string of the molecule is CN(C)c1ccc(-c2cncc(C(=O)N3CCC(N4CCNCC4)C3)c2)cc1.Cl.Cl. The topological polar surface area (TPSA) is 51.7 Å². The Morgan fingerprint density at radius 2 is 1.73 bits per heavy atom. The molecule has 1 amide bonds. The first-order valence-corrected chi connectivity index (χ1v) is 10.1. The van der Waals surface area contributed by atoms with Crippen LogP contribution in [0.2, 0.25) is 0 Å². The van der Waals surface area contributed by atoms with Gasteiger partial charge in [0.25, 0.3) is 5.91 Å². The Morgan fingerprint density at radius 3 is 2.40 bits per heavy atom. The number of nitrogens with zero attached hydrogens (tertiary/aromatic N) is 4. The molecule has 6 nitrogen and oxygen atoms in total. The van der Waals surface area contributed by atoms with Gasteiger partial charge in [-0.05, 0) is 30.2 Å². The van der Waals surface area contributed by atoms with Gasteiger partial charge in [-0.25, -0.2) is 0 Å².